The summed E-state index contributed by atoms with van der Waals surface area (Å²) in [7, 11) is 0. The molecule has 15 heavy (non-hydrogen) atoms. The molecule has 1 aromatic rings. The van der Waals surface area contributed by atoms with E-state index < -0.39 is 0 Å². The molecule has 0 fully saturated rings. The minimum atomic E-state index is 0.421. The van der Waals surface area contributed by atoms with Crippen LogP contribution in [0.5, 0.6) is 5.75 Å². The number of nitrogens with two attached hydrogens (primary N) is 1. The first-order chi connectivity index (χ1) is 7.36. The minimum absolute atomic E-state index is 0.421. The Hall–Kier alpha value is -1.84. The van der Waals surface area contributed by atoms with E-state index in [2.05, 4.69) is 9.98 Å². The number of hydrogen-bond acceptors (Lipinski definition) is 4. The average molecular weight is 203 g/mol. The highest BCUT2D eigenvalue weighted by molar-refractivity contribution is 5.87. The van der Waals surface area contributed by atoms with E-state index in [1.165, 1.54) is 0 Å². The summed E-state index contributed by atoms with van der Waals surface area (Å²) < 4.78 is 5.52. The first kappa shape index (κ1) is 9.71. The van der Waals surface area contributed by atoms with Crippen LogP contribution < -0.4 is 10.5 Å². The monoisotopic (exact) mass is 203 g/mol. The number of pyridine rings is 1. The zero-order valence-corrected chi connectivity index (χ0v) is 8.39. The number of hydrogen-bond donors (Lipinski definition) is 1. The summed E-state index contributed by atoms with van der Waals surface area (Å²) in [6.07, 6.45) is 7.49. The maximum atomic E-state index is 5.65. The Morgan fingerprint density at radius 3 is 3.13 bits per heavy atom. The van der Waals surface area contributed by atoms with Crippen molar-refractivity contribution in [3.8, 4) is 5.75 Å². The van der Waals surface area contributed by atoms with Gasteiger partial charge < -0.3 is 10.5 Å². The molecule has 2 rings (SSSR count). The van der Waals surface area contributed by atoms with Crippen molar-refractivity contribution in [2.75, 3.05) is 12.3 Å². The molecule has 1 aromatic heterocycles. The molecule has 4 heteroatoms. The maximum Gasteiger partial charge on any atom is 0.166 e. The molecule has 0 aromatic carbocycles. The highest BCUT2D eigenvalue weighted by Gasteiger charge is 2.04. The van der Waals surface area contributed by atoms with E-state index in [4.69, 9.17) is 10.5 Å². The van der Waals surface area contributed by atoms with Gasteiger partial charge >= 0.3 is 0 Å². The van der Waals surface area contributed by atoms with E-state index in [1.54, 1.807) is 12.3 Å². The van der Waals surface area contributed by atoms with E-state index in [0.29, 0.717) is 18.2 Å². The molecule has 4 nitrogen and oxygen atoms in total. The lowest BCUT2D eigenvalue weighted by atomic mass is 10.2. The van der Waals surface area contributed by atoms with E-state index in [9.17, 15) is 0 Å². The summed E-state index contributed by atoms with van der Waals surface area (Å²) in [6, 6.07) is 3.61. The molecule has 0 bridgehead atoms. The summed E-state index contributed by atoms with van der Waals surface area (Å²) in [4.78, 5) is 8.17. The second kappa shape index (κ2) is 4.59. The van der Waals surface area contributed by atoms with E-state index in [-0.39, 0.29) is 0 Å². The standard InChI is InChI=1S/C11H13N3O/c12-11-10(5-3-7-14-11)15-8-9-4-1-2-6-13-9/h2-3,5-7H,1,4,8H2,(H2,12,14). The quantitative estimate of drug-likeness (QED) is 0.814. The molecular weight excluding hydrogens is 190 g/mol. The zero-order chi connectivity index (χ0) is 10.5. The molecule has 0 radical (unpaired) electrons. The number of allylic oxidation sites excluding steroid dienone is 1. The lowest BCUT2D eigenvalue weighted by Crippen LogP contribution is -2.13. The van der Waals surface area contributed by atoms with Crippen molar-refractivity contribution in [1.29, 1.82) is 0 Å². The van der Waals surface area contributed by atoms with Crippen LogP contribution in [-0.2, 0) is 0 Å². The smallest absolute Gasteiger partial charge is 0.166 e. The van der Waals surface area contributed by atoms with Crippen LogP contribution in [0.4, 0.5) is 5.82 Å². The number of aliphatic imine (C=N–C) groups is 1. The molecule has 0 unspecified atom stereocenters. The predicted octanol–water partition coefficient (Wildman–Crippen LogP) is 1.79. The third kappa shape index (κ3) is 2.56. The van der Waals surface area contributed by atoms with Crippen molar-refractivity contribution in [2.24, 2.45) is 4.99 Å². The van der Waals surface area contributed by atoms with Crippen molar-refractivity contribution < 1.29 is 4.74 Å². The van der Waals surface area contributed by atoms with Crippen LogP contribution in [0.15, 0.2) is 35.6 Å². The number of aromatic nitrogens is 1. The number of nitrogens with zero attached hydrogens (tertiary/aromatic N) is 2. The molecular formula is C11H13N3O. The molecule has 0 saturated heterocycles. The SMILES string of the molecule is Nc1ncccc1OCC1=NC=CCC1. The molecule has 1 aliphatic rings. The van der Waals surface area contributed by atoms with Crippen LogP contribution in [0, 0.1) is 0 Å². The van der Waals surface area contributed by atoms with E-state index >= 15 is 0 Å². The first-order valence-corrected chi connectivity index (χ1v) is 4.90. The fourth-order valence-electron chi connectivity index (χ4n) is 1.34. The van der Waals surface area contributed by atoms with Crippen LogP contribution in [0.1, 0.15) is 12.8 Å². The Morgan fingerprint density at radius 2 is 2.40 bits per heavy atom. The molecule has 2 N–H and O–H groups in total. The van der Waals surface area contributed by atoms with Crippen LogP contribution >= 0.6 is 0 Å². The minimum Gasteiger partial charge on any atom is -0.484 e. The van der Waals surface area contributed by atoms with Gasteiger partial charge in [0.15, 0.2) is 11.6 Å². The van der Waals surface area contributed by atoms with Gasteiger partial charge in [0.25, 0.3) is 0 Å². The molecule has 0 saturated carbocycles. The Morgan fingerprint density at radius 1 is 1.47 bits per heavy atom. The average Bonchev–Trinajstić information content (AvgIpc) is 2.29. The Bertz CT molecular complexity index is 399. The van der Waals surface area contributed by atoms with Crippen LogP contribution in [0.25, 0.3) is 0 Å². The van der Waals surface area contributed by atoms with Gasteiger partial charge in [0.1, 0.15) is 6.61 Å². The summed E-state index contributed by atoms with van der Waals surface area (Å²) >= 11 is 0. The van der Waals surface area contributed by atoms with E-state index in [0.717, 1.165) is 18.6 Å². The second-order valence-corrected chi connectivity index (χ2v) is 3.29. The molecule has 0 atom stereocenters. The maximum absolute atomic E-state index is 5.65. The third-order valence-electron chi connectivity index (χ3n) is 2.16. The van der Waals surface area contributed by atoms with Crippen LogP contribution in [0.2, 0.25) is 0 Å². The number of rotatable bonds is 3. The number of nitrogen functional groups attached to an aromatic ring is 1. The van der Waals surface area contributed by atoms with Crippen molar-refractivity contribution in [3.05, 3.63) is 30.6 Å². The van der Waals surface area contributed by atoms with E-state index in [1.807, 2.05) is 18.3 Å². The van der Waals surface area contributed by atoms with Gasteiger partial charge in [-0.2, -0.15) is 0 Å². The van der Waals surface area contributed by atoms with Crippen molar-refractivity contribution in [1.82, 2.24) is 4.98 Å². The van der Waals surface area contributed by atoms with Gasteiger partial charge in [-0.15, -0.1) is 0 Å². The van der Waals surface area contributed by atoms with Gasteiger partial charge in [-0.05, 0) is 25.0 Å². The Labute approximate surface area is 88.5 Å². The van der Waals surface area contributed by atoms with Gasteiger partial charge in [-0.25, -0.2) is 4.98 Å². The molecule has 0 spiro atoms. The summed E-state index contributed by atoms with van der Waals surface area (Å²) in [5.41, 5.74) is 6.69. The summed E-state index contributed by atoms with van der Waals surface area (Å²) in [5.74, 6) is 1.04. The molecule has 2 heterocycles. The number of anilines is 1. The van der Waals surface area contributed by atoms with Gasteiger partial charge in [0, 0.05) is 12.4 Å². The zero-order valence-electron chi connectivity index (χ0n) is 8.39. The van der Waals surface area contributed by atoms with Gasteiger partial charge in [-0.3, -0.25) is 4.99 Å². The summed E-state index contributed by atoms with van der Waals surface area (Å²) in [6.45, 7) is 0.486. The lowest BCUT2D eigenvalue weighted by Gasteiger charge is -2.10. The topological polar surface area (TPSA) is 60.5 Å². The van der Waals surface area contributed by atoms with Gasteiger partial charge in [0.2, 0.25) is 0 Å². The van der Waals surface area contributed by atoms with Gasteiger partial charge in [0.05, 0.1) is 5.71 Å². The molecule has 1 aliphatic heterocycles. The highest BCUT2D eigenvalue weighted by atomic mass is 16.5. The van der Waals surface area contributed by atoms with Crippen molar-refractivity contribution in [3.63, 3.8) is 0 Å². The molecule has 0 aliphatic carbocycles. The fraction of sp³-hybridized carbons (Fsp3) is 0.273. The van der Waals surface area contributed by atoms with Crippen molar-refractivity contribution >= 4 is 11.5 Å². The Kier molecular flexibility index (Phi) is 2.97. The lowest BCUT2D eigenvalue weighted by molar-refractivity contribution is 0.374. The number of ether oxygens (including phenoxy) is 1. The van der Waals surface area contributed by atoms with Crippen molar-refractivity contribution in [2.45, 2.75) is 12.8 Å². The Balaban J connectivity index is 1.96. The summed E-state index contributed by atoms with van der Waals surface area (Å²) in [5, 5.41) is 0. The molecule has 0 amide bonds. The van der Waals surface area contributed by atoms with Crippen LogP contribution in [-0.4, -0.2) is 17.3 Å². The van der Waals surface area contributed by atoms with Crippen LogP contribution in [0.3, 0.4) is 0 Å². The largest absolute Gasteiger partial charge is 0.484 e. The third-order valence-corrected chi connectivity index (χ3v) is 2.16. The fourth-order valence-corrected chi connectivity index (χ4v) is 1.34. The highest BCUT2D eigenvalue weighted by Crippen LogP contribution is 2.17. The second-order valence-electron chi connectivity index (χ2n) is 3.29. The predicted molar refractivity (Wildman–Crippen MR) is 60.0 cm³/mol. The molecule has 78 valence electrons. The first-order valence-electron chi connectivity index (χ1n) is 4.90. The normalized spacial score (nSPS) is 14.8. The van der Waals surface area contributed by atoms with Gasteiger partial charge in [-0.1, -0.05) is 6.08 Å².